The van der Waals surface area contributed by atoms with E-state index in [4.69, 9.17) is 0 Å². The summed E-state index contributed by atoms with van der Waals surface area (Å²) in [7, 11) is 2.00. The van der Waals surface area contributed by atoms with E-state index in [1.807, 2.05) is 17.9 Å². The lowest BCUT2D eigenvalue weighted by molar-refractivity contribution is 0.395. The molecule has 112 valence electrons. The van der Waals surface area contributed by atoms with Crippen LogP contribution in [0.5, 0.6) is 0 Å². The minimum Gasteiger partial charge on any atom is -0.303 e. The van der Waals surface area contributed by atoms with E-state index in [9.17, 15) is 0 Å². The number of hydrogen-bond acceptors (Lipinski definition) is 2. The summed E-state index contributed by atoms with van der Waals surface area (Å²) in [6.07, 6.45) is 4.46. The molecule has 3 heteroatoms. The average Bonchev–Trinajstić information content (AvgIpc) is 2.82. The minimum atomic E-state index is 0.324. The maximum absolute atomic E-state index is 4.36. The lowest BCUT2D eigenvalue weighted by Gasteiger charge is -2.32. The molecule has 0 bridgehead atoms. The Hall–Kier alpha value is -1.61. The van der Waals surface area contributed by atoms with Gasteiger partial charge in [0.1, 0.15) is 0 Å². The standard InChI is InChI=1S/C18H25N3/c1-12-9-10-18(16-8-6-5-7-15(12)16)20-13(2)17-11-19-21(4)14(17)3/h5-8,11-13,18,20H,9-10H2,1-4H3. The molecule has 0 fully saturated rings. The molecule has 3 rings (SSSR count). The van der Waals surface area contributed by atoms with E-state index in [0.29, 0.717) is 18.0 Å². The molecule has 1 aromatic heterocycles. The highest BCUT2D eigenvalue weighted by Gasteiger charge is 2.26. The molecule has 0 aliphatic heterocycles. The number of nitrogens with one attached hydrogen (secondary N) is 1. The Labute approximate surface area is 127 Å². The van der Waals surface area contributed by atoms with Gasteiger partial charge < -0.3 is 5.32 Å². The summed E-state index contributed by atoms with van der Waals surface area (Å²) in [6.45, 7) is 6.71. The third-order valence-corrected chi connectivity index (χ3v) is 4.98. The number of fused-ring (bicyclic) bond motifs is 1. The summed E-state index contributed by atoms with van der Waals surface area (Å²) in [5.41, 5.74) is 5.53. The second-order valence-corrected chi connectivity index (χ2v) is 6.36. The Kier molecular flexibility index (Phi) is 3.85. The van der Waals surface area contributed by atoms with Crippen molar-refractivity contribution in [2.75, 3.05) is 0 Å². The smallest absolute Gasteiger partial charge is 0.0540 e. The van der Waals surface area contributed by atoms with Gasteiger partial charge in [-0.1, -0.05) is 31.2 Å². The normalized spacial score (nSPS) is 22.9. The van der Waals surface area contributed by atoms with Crippen LogP contribution in [0.15, 0.2) is 30.5 Å². The lowest BCUT2D eigenvalue weighted by Crippen LogP contribution is -2.28. The number of rotatable bonds is 3. The van der Waals surface area contributed by atoms with E-state index in [-0.39, 0.29) is 0 Å². The molecule has 1 N–H and O–H groups in total. The molecule has 3 nitrogen and oxygen atoms in total. The highest BCUT2D eigenvalue weighted by molar-refractivity contribution is 5.35. The van der Waals surface area contributed by atoms with Crippen molar-refractivity contribution in [3.05, 3.63) is 52.8 Å². The zero-order chi connectivity index (χ0) is 15.0. The second-order valence-electron chi connectivity index (χ2n) is 6.36. The van der Waals surface area contributed by atoms with Gasteiger partial charge in [0.05, 0.1) is 6.20 Å². The van der Waals surface area contributed by atoms with Crippen LogP contribution in [-0.4, -0.2) is 9.78 Å². The zero-order valence-corrected chi connectivity index (χ0v) is 13.4. The first-order chi connectivity index (χ1) is 10.1. The molecule has 1 aromatic carbocycles. The fraction of sp³-hybridized carbons (Fsp3) is 0.500. The Bertz CT molecular complexity index is 629. The Morgan fingerprint density at radius 2 is 1.95 bits per heavy atom. The summed E-state index contributed by atoms with van der Waals surface area (Å²) in [5.74, 6) is 0.676. The average molecular weight is 283 g/mol. The van der Waals surface area contributed by atoms with Gasteiger partial charge in [0.2, 0.25) is 0 Å². The van der Waals surface area contributed by atoms with Crippen molar-refractivity contribution in [2.45, 2.75) is 51.6 Å². The van der Waals surface area contributed by atoms with Gasteiger partial charge in [-0.15, -0.1) is 0 Å². The van der Waals surface area contributed by atoms with Gasteiger partial charge in [0, 0.05) is 30.4 Å². The Balaban J connectivity index is 1.83. The topological polar surface area (TPSA) is 29.9 Å². The first kappa shape index (κ1) is 14.3. The van der Waals surface area contributed by atoms with Gasteiger partial charge in [-0.2, -0.15) is 5.10 Å². The Morgan fingerprint density at radius 1 is 1.24 bits per heavy atom. The number of nitrogens with zero attached hydrogens (tertiary/aromatic N) is 2. The van der Waals surface area contributed by atoms with Crippen molar-refractivity contribution in [1.82, 2.24) is 15.1 Å². The maximum Gasteiger partial charge on any atom is 0.0540 e. The SMILES string of the molecule is Cc1c(C(C)NC2CCC(C)c3ccccc32)cnn1C. The van der Waals surface area contributed by atoms with Crippen LogP contribution in [0.25, 0.3) is 0 Å². The molecule has 2 aromatic rings. The van der Waals surface area contributed by atoms with Crippen LogP contribution in [0.1, 0.15) is 67.1 Å². The van der Waals surface area contributed by atoms with Crippen molar-refractivity contribution < 1.29 is 0 Å². The molecule has 21 heavy (non-hydrogen) atoms. The van der Waals surface area contributed by atoms with Gasteiger partial charge in [0.25, 0.3) is 0 Å². The van der Waals surface area contributed by atoms with Crippen LogP contribution in [0.3, 0.4) is 0 Å². The highest BCUT2D eigenvalue weighted by atomic mass is 15.3. The molecule has 3 unspecified atom stereocenters. The summed E-state index contributed by atoms with van der Waals surface area (Å²) in [6, 6.07) is 9.66. The third kappa shape index (κ3) is 2.62. The van der Waals surface area contributed by atoms with Crippen LogP contribution < -0.4 is 5.32 Å². The molecule has 1 heterocycles. The van der Waals surface area contributed by atoms with Gasteiger partial charge in [-0.05, 0) is 43.7 Å². The number of benzene rings is 1. The first-order valence-electron chi connectivity index (χ1n) is 7.91. The molecule has 1 aliphatic rings. The van der Waals surface area contributed by atoms with Crippen LogP contribution in [0.4, 0.5) is 0 Å². The molecule has 1 aliphatic carbocycles. The van der Waals surface area contributed by atoms with Crippen molar-refractivity contribution in [3.8, 4) is 0 Å². The zero-order valence-electron chi connectivity index (χ0n) is 13.4. The van der Waals surface area contributed by atoms with Crippen LogP contribution in [-0.2, 0) is 7.05 Å². The van der Waals surface area contributed by atoms with Crippen molar-refractivity contribution in [2.24, 2.45) is 7.05 Å². The summed E-state index contributed by atoms with van der Waals surface area (Å²) < 4.78 is 1.95. The van der Waals surface area contributed by atoms with Crippen molar-refractivity contribution in [1.29, 1.82) is 0 Å². The summed E-state index contributed by atoms with van der Waals surface area (Å²) >= 11 is 0. The quantitative estimate of drug-likeness (QED) is 0.922. The largest absolute Gasteiger partial charge is 0.303 e. The van der Waals surface area contributed by atoms with Gasteiger partial charge in [0.15, 0.2) is 0 Å². The van der Waals surface area contributed by atoms with Crippen LogP contribution in [0, 0.1) is 6.92 Å². The number of hydrogen-bond donors (Lipinski definition) is 1. The van der Waals surface area contributed by atoms with Gasteiger partial charge in [-0.25, -0.2) is 0 Å². The fourth-order valence-electron chi connectivity index (χ4n) is 3.51. The third-order valence-electron chi connectivity index (χ3n) is 4.98. The predicted octanol–water partition coefficient (Wildman–Crippen LogP) is 4.02. The number of aryl methyl sites for hydroxylation is 1. The first-order valence-corrected chi connectivity index (χ1v) is 7.91. The van der Waals surface area contributed by atoms with E-state index in [1.165, 1.54) is 35.2 Å². The summed E-state index contributed by atoms with van der Waals surface area (Å²) in [5, 5.41) is 8.18. The number of aromatic nitrogens is 2. The molecule has 0 spiro atoms. The van der Waals surface area contributed by atoms with Gasteiger partial charge in [-0.3, -0.25) is 4.68 Å². The fourth-order valence-corrected chi connectivity index (χ4v) is 3.51. The van der Waals surface area contributed by atoms with E-state index < -0.39 is 0 Å². The minimum absolute atomic E-state index is 0.324. The molecule has 0 saturated carbocycles. The van der Waals surface area contributed by atoms with Crippen LogP contribution in [0.2, 0.25) is 0 Å². The second kappa shape index (κ2) is 5.64. The molecule has 0 amide bonds. The Morgan fingerprint density at radius 3 is 2.62 bits per heavy atom. The van der Waals surface area contributed by atoms with E-state index in [2.05, 4.69) is 55.5 Å². The summed E-state index contributed by atoms with van der Waals surface area (Å²) in [4.78, 5) is 0. The molecular weight excluding hydrogens is 258 g/mol. The van der Waals surface area contributed by atoms with Crippen molar-refractivity contribution in [3.63, 3.8) is 0 Å². The van der Waals surface area contributed by atoms with E-state index >= 15 is 0 Å². The van der Waals surface area contributed by atoms with E-state index in [1.54, 1.807) is 0 Å². The molecule has 0 saturated heterocycles. The van der Waals surface area contributed by atoms with Crippen molar-refractivity contribution >= 4 is 0 Å². The van der Waals surface area contributed by atoms with Gasteiger partial charge >= 0.3 is 0 Å². The lowest BCUT2D eigenvalue weighted by atomic mass is 9.81. The monoisotopic (exact) mass is 283 g/mol. The molecular formula is C18H25N3. The highest BCUT2D eigenvalue weighted by Crippen LogP contribution is 2.38. The maximum atomic E-state index is 4.36. The molecule has 0 radical (unpaired) electrons. The molecule has 3 atom stereocenters. The van der Waals surface area contributed by atoms with Crippen LogP contribution >= 0.6 is 0 Å². The van der Waals surface area contributed by atoms with E-state index in [0.717, 1.165) is 0 Å². The predicted molar refractivity (Wildman–Crippen MR) is 86.3 cm³/mol.